The number of nitriles is 1. The molecule has 1 saturated carbocycles. The quantitative estimate of drug-likeness (QED) is 0.847. The zero-order chi connectivity index (χ0) is 16.4. The average Bonchev–Trinajstić information content (AvgIpc) is 2.74. The van der Waals surface area contributed by atoms with Gasteiger partial charge in [0.05, 0.1) is 19.0 Å². The van der Waals surface area contributed by atoms with Gasteiger partial charge >= 0.3 is 6.03 Å². The predicted molar refractivity (Wildman–Crippen MR) is 76.5 cm³/mol. The van der Waals surface area contributed by atoms with E-state index in [0.29, 0.717) is 18.8 Å². The van der Waals surface area contributed by atoms with Gasteiger partial charge in [-0.1, -0.05) is 6.92 Å². The van der Waals surface area contributed by atoms with E-state index in [1.54, 1.807) is 10.7 Å². The highest BCUT2D eigenvalue weighted by atomic mass is 19.3. The van der Waals surface area contributed by atoms with Crippen molar-refractivity contribution in [2.45, 2.75) is 45.6 Å². The molecule has 6 nitrogen and oxygen atoms in total. The molecule has 2 rings (SSSR count). The van der Waals surface area contributed by atoms with Gasteiger partial charge in [0, 0.05) is 30.1 Å². The third-order valence-electron chi connectivity index (χ3n) is 3.99. The van der Waals surface area contributed by atoms with Gasteiger partial charge in [-0.2, -0.15) is 10.4 Å². The van der Waals surface area contributed by atoms with E-state index in [4.69, 9.17) is 5.26 Å². The van der Waals surface area contributed by atoms with Crippen molar-refractivity contribution in [2.75, 3.05) is 11.9 Å². The summed E-state index contributed by atoms with van der Waals surface area (Å²) < 4.78 is 27.7. The second kappa shape index (κ2) is 5.91. The number of anilines is 1. The summed E-state index contributed by atoms with van der Waals surface area (Å²) in [7, 11) is 0. The number of alkyl halides is 2. The molecule has 0 aromatic carbocycles. The second-order valence-corrected chi connectivity index (χ2v) is 5.88. The van der Waals surface area contributed by atoms with E-state index in [-0.39, 0.29) is 19.4 Å². The molecule has 2 N–H and O–H groups in total. The molecule has 1 atom stereocenters. The fourth-order valence-corrected chi connectivity index (χ4v) is 2.28. The molecule has 0 spiro atoms. The highest BCUT2D eigenvalue weighted by Gasteiger charge is 2.66. The van der Waals surface area contributed by atoms with E-state index in [2.05, 4.69) is 15.7 Å². The molecule has 1 fully saturated rings. The molecule has 1 aliphatic carbocycles. The number of hydrogen-bond donors (Lipinski definition) is 2. The van der Waals surface area contributed by atoms with Gasteiger partial charge in [0.1, 0.15) is 0 Å². The number of nitrogens with one attached hydrogen (secondary N) is 2. The lowest BCUT2D eigenvalue weighted by Gasteiger charge is -2.10. The molecule has 120 valence electrons. The van der Waals surface area contributed by atoms with Crippen LogP contribution in [0.1, 0.15) is 31.9 Å². The Morgan fingerprint density at radius 3 is 2.86 bits per heavy atom. The van der Waals surface area contributed by atoms with Crippen molar-refractivity contribution in [1.82, 2.24) is 15.1 Å². The largest absolute Gasteiger partial charge is 0.338 e. The number of carbonyl (C=O) groups excluding carboxylic acids is 1. The number of nitrogens with zero attached hydrogens (tertiary/aromatic N) is 3. The Labute approximate surface area is 127 Å². The number of urea groups is 1. The van der Waals surface area contributed by atoms with Gasteiger partial charge in [0.2, 0.25) is 0 Å². The molecule has 0 aliphatic heterocycles. The van der Waals surface area contributed by atoms with E-state index in [9.17, 15) is 13.6 Å². The highest BCUT2D eigenvalue weighted by molar-refractivity contribution is 5.88. The number of carbonyl (C=O) groups is 1. The third-order valence-corrected chi connectivity index (χ3v) is 3.99. The molecule has 22 heavy (non-hydrogen) atoms. The minimum Gasteiger partial charge on any atom is -0.338 e. The van der Waals surface area contributed by atoms with Crippen LogP contribution in [0.5, 0.6) is 0 Å². The Hall–Kier alpha value is -2.17. The summed E-state index contributed by atoms with van der Waals surface area (Å²) in [6.45, 7) is 3.99. The van der Waals surface area contributed by atoms with Gasteiger partial charge in [0.25, 0.3) is 5.92 Å². The zero-order valence-electron chi connectivity index (χ0n) is 12.6. The molecule has 0 saturated heterocycles. The van der Waals surface area contributed by atoms with Crippen LogP contribution in [-0.4, -0.2) is 28.3 Å². The van der Waals surface area contributed by atoms with Crippen molar-refractivity contribution in [1.29, 1.82) is 5.26 Å². The van der Waals surface area contributed by atoms with Crippen LogP contribution in [0.15, 0.2) is 6.07 Å². The summed E-state index contributed by atoms with van der Waals surface area (Å²) in [5.74, 6) is -2.24. The van der Waals surface area contributed by atoms with Gasteiger partial charge < -0.3 is 5.32 Å². The minimum absolute atomic E-state index is 0.119. The van der Waals surface area contributed by atoms with Gasteiger partial charge in [-0.25, -0.2) is 13.6 Å². The van der Waals surface area contributed by atoms with Crippen LogP contribution in [0, 0.1) is 23.7 Å². The van der Waals surface area contributed by atoms with Crippen LogP contribution in [0.3, 0.4) is 0 Å². The molecule has 1 aromatic heterocycles. The lowest BCUT2D eigenvalue weighted by Crippen LogP contribution is -2.31. The Morgan fingerprint density at radius 2 is 2.27 bits per heavy atom. The van der Waals surface area contributed by atoms with Crippen LogP contribution >= 0.6 is 0 Å². The van der Waals surface area contributed by atoms with Gasteiger partial charge in [0.15, 0.2) is 5.82 Å². The first-order valence-corrected chi connectivity index (χ1v) is 7.11. The molecular formula is C14H19F2N5O. The summed E-state index contributed by atoms with van der Waals surface area (Å²) in [4.78, 5) is 11.7. The first-order chi connectivity index (χ1) is 10.3. The maximum Gasteiger partial charge on any atom is 0.320 e. The van der Waals surface area contributed by atoms with E-state index in [0.717, 1.165) is 5.69 Å². The Balaban J connectivity index is 1.77. The Bertz CT molecular complexity index is 607. The van der Waals surface area contributed by atoms with Crippen LogP contribution in [0.4, 0.5) is 19.4 Å². The van der Waals surface area contributed by atoms with E-state index in [1.165, 1.54) is 6.92 Å². The third kappa shape index (κ3) is 3.53. The second-order valence-electron chi connectivity index (χ2n) is 5.88. The fraction of sp³-hybridized carbons (Fsp3) is 0.643. The number of halogens is 2. The molecule has 1 unspecified atom stereocenters. The summed E-state index contributed by atoms with van der Waals surface area (Å²) >= 11 is 0. The molecule has 1 aliphatic rings. The van der Waals surface area contributed by atoms with Crippen molar-refractivity contribution in [2.24, 2.45) is 5.41 Å². The Kier molecular flexibility index (Phi) is 4.35. The molecule has 0 bridgehead atoms. The smallest absolute Gasteiger partial charge is 0.320 e. The maximum absolute atomic E-state index is 13.0. The van der Waals surface area contributed by atoms with Gasteiger partial charge in [-0.05, 0) is 13.3 Å². The average molecular weight is 311 g/mol. The topological polar surface area (TPSA) is 82.7 Å². The molecule has 1 heterocycles. The van der Waals surface area contributed by atoms with Crippen molar-refractivity contribution in [3.8, 4) is 6.07 Å². The number of aryl methyl sites for hydroxylation is 2. The van der Waals surface area contributed by atoms with Crippen LogP contribution < -0.4 is 10.6 Å². The number of hydrogen-bond acceptors (Lipinski definition) is 3. The van der Waals surface area contributed by atoms with E-state index < -0.39 is 17.4 Å². The minimum atomic E-state index is -2.61. The first-order valence-electron chi connectivity index (χ1n) is 7.11. The van der Waals surface area contributed by atoms with E-state index in [1.807, 2.05) is 13.0 Å². The summed E-state index contributed by atoms with van der Waals surface area (Å²) in [5.41, 5.74) is -0.161. The number of aromatic nitrogens is 2. The molecule has 8 heteroatoms. The zero-order valence-corrected chi connectivity index (χ0v) is 12.6. The molecule has 2 amide bonds. The van der Waals surface area contributed by atoms with Gasteiger partial charge in [-0.15, -0.1) is 0 Å². The SMILES string of the molecule is Cc1cc(NC(=O)NCCC2(C)CC2(F)F)nn1CCC#N. The van der Waals surface area contributed by atoms with Crippen molar-refractivity contribution < 1.29 is 13.6 Å². The predicted octanol–water partition coefficient (Wildman–Crippen LogP) is 2.66. The number of rotatable bonds is 6. The molecule has 0 radical (unpaired) electrons. The normalized spacial score (nSPS) is 22.0. The summed E-state index contributed by atoms with van der Waals surface area (Å²) in [6, 6.07) is 3.24. The summed E-state index contributed by atoms with van der Waals surface area (Å²) in [5, 5.41) is 17.8. The lowest BCUT2D eigenvalue weighted by atomic mass is 10.1. The van der Waals surface area contributed by atoms with Crippen LogP contribution in [-0.2, 0) is 6.54 Å². The molecular weight excluding hydrogens is 292 g/mol. The summed E-state index contributed by atoms with van der Waals surface area (Å²) in [6.07, 6.45) is 0.454. The van der Waals surface area contributed by atoms with Crippen molar-refractivity contribution >= 4 is 11.8 Å². The van der Waals surface area contributed by atoms with E-state index >= 15 is 0 Å². The van der Waals surface area contributed by atoms with Crippen LogP contribution in [0.2, 0.25) is 0 Å². The fourth-order valence-electron chi connectivity index (χ4n) is 2.28. The van der Waals surface area contributed by atoms with Crippen LogP contribution in [0.25, 0.3) is 0 Å². The highest BCUT2D eigenvalue weighted by Crippen LogP contribution is 2.62. The van der Waals surface area contributed by atoms with Gasteiger partial charge in [-0.3, -0.25) is 10.00 Å². The monoisotopic (exact) mass is 311 g/mol. The maximum atomic E-state index is 13.0. The lowest BCUT2D eigenvalue weighted by molar-refractivity contribution is 0.0672. The number of amides is 2. The first kappa shape index (κ1) is 16.2. The molecule has 1 aromatic rings. The van der Waals surface area contributed by atoms with Crippen molar-refractivity contribution in [3.05, 3.63) is 11.8 Å². The van der Waals surface area contributed by atoms with Crippen molar-refractivity contribution in [3.63, 3.8) is 0 Å². The standard InChI is InChI=1S/C14H19F2N5O/c1-10-8-11(20-21(10)7-3-5-17)19-12(22)18-6-4-13(2)9-14(13,15)16/h8H,3-4,6-7,9H2,1-2H3,(H2,18,19,20,22). The Morgan fingerprint density at radius 1 is 1.59 bits per heavy atom.